The molecule has 4 aromatic rings. The molecule has 0 bridgehead atoms. The first kappa shape index (κ1) is 19.9. The Labute approximate surface area is 182 Å². The van der Waals surface area contributed by atoms with Crippen LogP contribution in [-0.4, -0.2) is 20.6 Å². The first-order chi connectivity index (χ1) is 14.5. The molecule has 5 nitrogen and oxygen atoms in total. The maximum absolute atomic E-state index is 11.4. The number of aromatic carboxylic acids is 1. The second-order valence-corrected chi connectivity index (χ2v) is 7.73. The van der Waals surface area contributed by atoms with Crippen LogP contribution in [0.25, 0.3) is 17.1 Å². The van der Waals surface area contributed by atoms with E-state index in [0.717, 1.165) is 32.7 Å². The summed E-state index contributed by atoms with van der Waals surface area (Å²) in [5.41, 5.74) is 3.96. The number of carboxylic acid groups (broad SMARTS) is 1. The van der Waals surface area contributed by atoms with Crippen molar-refractivity contribution >= 4 is 21.9 Å². The van der Waals surface area contributed by atoms with E-state index in [1.54, 1.807) is 6.07 Å². The Morgan fingerprint density at radius 2 is 1.87 bits per heavy atom. The summed E-state index contributed by atoms with van der Waals surface area (Å²) in [5, 5.41) is 9.36. The SMILES string of the molecule is Cc1ccc(-c2cc(Br)ccc2OCc2ccccc2)n1-c1cc(C(=O)O)ccn1. The van der Waals surface area contributed by atoms with Crippen LogP contribution in [0.4, 0.5) is 0 Å². The second-order valence-electron chi connectivity index (χ2n) is 6.82. The number of benzene rings is 2. The molecular formula is C24H19BrN2O3. The first-order valence-electron chi connectivity index (χ1n) is 9.37. The number of rotatable bonds is 6. The van der Waals surface area contributed by atoms with Crippen LogP contribution in [0, 0.1) is 6.92 Å². The Kier molecular flexibility index (Phi) is 5.68. The lowest BCUT2D eigenvalue weighted by Gasteiger charge is -2.16. The number of ether oxygens (including phenoxy) is 1. The molecular weight excluding hydrogens is 444 g/mol. The lowest BCUT2D eigenvalue weighted by atomic mass is 10.1. The normalized spacial score (nSPS) is 10.7. The molecule has 6 heteroatoms. The smallest absolute Gasteiger partial charge is 0.335 e. The summed E-state index contributed by atoms with van der Waals surface area (Å²) in [6.07, 6.45) is 1.51. The summed E-state index contributed by atoms with van der Waals surface area (Å²) in [4.78, 5) is 15.8. The number of carboxylic acids is 1. The van der Waals surface area contributed by atoms with Crippen LogP contribution in [0.5, 0.6) is 5.75 Å². The third kappa shape index (κ3) is 4.14. The van der Waals surface area contributed by atoms with Gasteiger partial charge in [-0.1, -0.05) is 46.3 Å². The van der Waals surface area contributed by atoms with E-state index >= 15 is 0 Å². The number of pyridine rings is 1. The lowest BCUT2D eigenvalue weighted by molar-refractivity contribution is 0.0696. The summed E-state index contributed by atoms with van der Waals surface area (Å²) in [7, 11) is 0. The predicted molar refractivity (Wildman–Crippen MR) is 119 cm³/mol. The van der Waals surface area contributed by atoms with Crippen molar-refractivity contribution in [3.8, 4) is 22.8 Å². The topological polar surface area (TPSA) is 64.3 Å². The quantitative estimate of drug-likeness (QED) is 0.388. The number of hydrogen-bond donors (Lipinski definition) is 1. The monoisotopic (exact) mass is 462 g/mol. The summed E-state index contributed by atoms with van der Waals surface area (Å²) >= 11 is 3.55. The maximum atomic E-state index is 11.4. The summed E-state index contributed by atoms with van der Waals surface area (Å²) in [6, 6.07) is 22.9. The minimum absolute atomic E-state index is 0.189. The average Bonchev–Trinajstić information content (AvgIpc) is 3.15. The van der Waals surface area contributed by atoms with E-state index in [1.165, 1.54) is 12.3 Å². The Morgan fingerprint density at radius 3 is 2.63 bits per heavy atom. The molecule has 0 radical (unpaired) electrons. The fourth-order valence-corrected chi connectivity index (χ4v) is 3.65. The number of hydrogen-bond acceptors (Lipinski definition) is 3. The van der Waals surface area contributed by atoms with Crippen molar-refractivity contribution in [2.24, 2.45) is 0 Å². The predicted octanol–water partition coefficient (Wildman–Crippen LogP) is 5.89. The Hall–Kier alpha value is -3.38. The molecule has 0 aliphatic carbocycles. The average molecular weight is 463 g/mol. The minimum atomic E-state index is -0.987. The molecule has 2 aromatic carbocycles. The highest BCUT2D eigenvalue weighted by molar-refractivity contribution is 9.10. The molecule has 0 saturated carbocycles. The van der Waals surface area contributed by atoms with Crippen molar-refractivity contribution in [1.82, 2.24) is 9.55 Å². The molecule has 0 unspecified atom stereocenters. The zero-order valence-corrected chi connectivity index (χ0v) is 17.8. The second kappa shape index (κ2) is 8.55. The van der Waals surface area contributed by atoms with Gasteiger partial charge in [-0.25, -0.2) is 9.78 Å². The summed E-state index contributed by atoms with van der Waals surface area (Å²) < 4.78 is 9.00. The fourth-order valence-electron chi connectivity index (χ4n) is 3.29. The molecule has 0 amide bonds. The molecule has 2 heterocycles. The highest BCUT2D eigenvalue weighted by atomic mass is 79.9. The summed E-state index contributed by atoms with van der Waals surface area (Å²) in [6.45, 7) is 2.41. The van der Waals surface area contributed by atoms with Crippen molar-refractivity contribution in [3.63, 3.8) is 0 Å². The Bertz CT molecular complexity index is 1200. The van der Waals surface area contributed by atoms with Crippen LogP contribution < -0.4 is 4.74 Å². The van der Waals surface area contributed by atoms with Gasteiger partial charge in [-0.2, -0.15) is 0 Å². The van der Waals surface area contributed by atoms with Gasteiger partial charge in [0.05, 0.1) is 11.3 Å². The Balaban J connectivity index is 1.77. The van der Waals surface area contributed by atoms with Crippen LogP contribution in [0.1, 0.15) is 21.6 Å². The molecule has 0 aliphatic rings. The molecule has 4 rings (SSSR count). The largest absolute Gasteiger partial charge is 0.488 e. The van der Waals surface area contributed by atoms with E-state index in [0.29, 0.717) is 12.4 Å². The van der Waals surface area contributed by atoms with Crippen LogP contribution in [0.15, 0.2) is 83.5 Å². The number of nitrogens with zero attached hydrogens (tertiary/aromatic N) is 2. The summed E-state index contributed by atoms with van der Waals surface area (Å²) in [5.74, 6) is 0.288. The molecule has 0 aliphatic heterocycles. The molecule has 0 saturated heterocycles. The molecule has 0 fully saturated rings. The van der Waals surface area contributed by atoms with Crippen LogP contribution in [0.3, 0.4) is 0 Å². The fraction of sp³-hybridized carbons (Fsp3) is 0.0833. The van der Waals surface area contributed by atoms with Gasteiger partial charge in [-0.05, 0) is 55.0 Å². The van der Waals surface area contributed by atoms with Gasteiger partial charge in [-0.3, -0.25) is 4.57 Å². The third-order valence-corrected chi connectivity index (χ3v) is 5.25. The van der Waals surface area contributed by atoms with Gasteiger partial charge in [0.1, 0.15) is 18.2 Å². The maximum Gasteiger partial charge on any atom is 0.335 e. The van der Waals surface area contributed by atoms with Gasteiger partial charge < -0.3 is 9.84 Å². The molecule has 1 N–H and O–H groups in total. The van der Waals surface area contributed by atoms with E-state index in [1.807, 2.05) is 72.2 Å². The minimum Gasteiger partial charge on any atom is -0.488 e. The van der Waals surface area contributed by atoms with E-state index in [-0.39, 0.29) is 5.56 Å². The van der Waals surface area contributed by atoms with E-state index in [2.05, 4.69) is 20.9 Å². The highest BCUT2D eigenvalue weighted by Gasteiger charge is 2.16. The van der Waals surface area contributed by atoms with Crippen molar-refractivity contribution in [3.05, 3.63) is 100 Å². The lowest BCUT2D eigenvalue weighted by Crippen LogP contribution is -2.05. The van der Waals surface area contributed by atoms with Crippen molar-refractivity contribution in [2.75, 3.05) is 0 Å². The number of aromatic nitrogens is 2. The molecule has 0 spiro atoms. The van der Waals surface area contributed by atoms with Gasteiger partial charge in [0.25, 0.3) is 0 Å². The number of carbonyl (C=O) groups is 1. The van der Waals surface area contributed by atoms with Gasteiger partial charge >= 0.3 is 5.97 Å². The van der Waals surface area contributed by atoms with Crippen molar-refractivity contribution in [1.29, 1.82) is 0 Å². The Morgan fingerprint density at radius 1 is 1.07 bits per heavy atom. The number of halogens is 1. The van der Waals surface area contributed by atoms with Gasteiger partial charge in [-0.15, -0.1) is 0 Å². The molecule has 0 atom stereocenters. The van der Waals surface area contributed by atoms with Gasteiger partial charge in [0.15, 0.2) is 0 Å². The van der Waals surface area contributed by atoms with Crippen molar-refractivity contribution < 1.29 is 14.6 Å². The van der Waals surface area contributed by atoms with Gasteiger partial charge in [0, 0.05) is 21.9 Å². The van der Waals surface area contributed by atoms with Crippen molar-refractivity contribution in [2.45, 2.75) is 13.5 Å². The highest BCUT2D eigenvalue weighted by Crippen LogP contribution is 2.35. The molecule has 30 heavy (non-hydrogen) atoms. The number of aryl methyl sites for hydroxylation is 1. The third-order valence-electron chi connectivity index (χ3n) is 4.75. The van der Waals surface area contributed by atoms with E-state index < -0.39 is 5.97 Å². The van der Waals surface area contributed by atoms with E-state index in [4.69, 9.17) is 4.74 Å². The van der Waals surface area contributed by atoms with Crippen LogP contribution >= 0.6 is 15.9 Å². The zero-order valence-electron chi connectivity index (χ0n) is 16.2. The van der Waals surface area contributed by atoms with Crippen LogP contribution in [-0.2, 0) is 6.61 Å². The standard InChI is InChI=1S/C24H19BrN2O3/c1-16-7-9-21(27(16)23-13-18(24(28)29)11-12-26-23)20-14-19(25)8-10-22(20)30-15-17-5-3-2-4-6-17/h2-14H,15H2,1H3,(H,28,29). The molecule has 150 valence electrons. The van der Waals surface area contributed by atoms with Crippen LogP contribution in [0.2, 0.25) is 0 Å². The van der Waals surface area contributed by atoms with E-state index in [9.17, 15) is 9.90 Å². The van der Waals surface area contributed by atoms with Gasteiger partial charge in [0.2, 0.25) is 0 Å². The first-order valence-corrected chi connectivity index (χ1v) is 10.2. The zero-order chi connectivity index (χ0) is 21.1. The molecule has 2 aromatic heterocycles.